The van der Waals surface area contributed by atoms with Crippen molar-refractivity contribution in [1.82, 2.24) is 0 Å². The molecular weight excluding hydrogens is 1680 g/mol. The molecule has 0 bridgehead atoms. The fourth-order valence-electron chi connectivity index (χ4n) is 8.90. The van der Waals surface area contributed by atoms with Gasteiger partial charge in [-0.2, -0.15) is 0 Å². The van der Waals surface area contributed by atoms with Gasteiger partial charge >= 0.3 is 24.7 Å². The number of hydrogen-bond acceptors (Lipinski definition) is 0. The van der Waals surface area contributed by atoms with Crippen molar-refractivity contribution in [3.05, 3.63) is 376 Å². The third-order valence-electron chi connectivity index (χ3n) is 13.4. The molecule has 0 aliphatic rings. The van der Waals surface area contributed by atoms with Crippen LogP contribution < -0.4 is 63.7 Å². The molecule has 0 nitrogen and oxygen atoms in total. The number of rotatable bonds is 15. The van der Waals surface area contributed by atoms with Gasteiger partial charge in [-0.25, -0.2) is 0 Å². The van der Waals surface area contributed by atoms with Crippen LogP contribution in [-0.2, 0) is 20.4 Å². The van der Waals surface area contributed by atoms with E-state index in [9.17, 15) is 0 Å². The van der Waals surface area contributed by atoms with Crippen molar-refractivity contribution in [1.29, 1.82) is 0 Å². The van der Waals surface area contributed by atoms with Crippen LogP contribution in [-0.4, -0.2) is 24.7 Å². The summed E-state index contributed by atoms with van der Waals surface area (Å²) < 4.78 is 0. The normalized spacial score (nSPS) is 10.8. The average molecular weight is 1750 g/mol. The van der Waals surface area contributed by atoms with Gasteiger partial charge in [-0.05, 0) is 95.3 Å². The quantitative estimate of drug-likeness (QED) is 0.0545. The fourth-order valence-corrected chi connectivity index (χ4v) is 33.0. The summed E-state index contributed by atoms with van der Waals surface area (Å²) in [6, 6.07) is 121. The Morgan fingerprint density at radius 2 is 0.330 bits per heavy atom. The first kappa shape index (κ1) is 84.8. The van der Waals surface area contributed by atoms with Crippen molar-refractivity contribution in [2.75, 3.05) is 0 Å². The first-order chi connectivity index (χ1) is 46.2. The maximum Gasteiger partial charge on any atom is 0.365 e. The van der Waals surface area contributed by atoms with Crippen LogP contribution in [0.3, 0.4) is 0 Å². The Morgan fingerprint density at radius 1 is 0.247 bits per heavy atom. The summed E-state index contributed by atoms with van der Waals surface area (Å²) in [7, 11) is -1.78. The third kappa shape index (κ3) is 31.7. The number of hydrogen-bond donors (Lipinski definition) is 0. The van der Waals surface area contributed by atoms with Crippen LogP contribution in [0, 0.1) is 0 Å². The third-order valence-corrected chi connectivity index (χ3v) is 38.8. The zero-order chi connectivity index (χ0) is 69.0. The predicted octanol–water partition coefficient (Wildman–Crippen LogP) is 21.8. The van der Waals surface area contributed by atoms with Gasteiger partial charge in [0, 0.05) is 25.6 Å². The van der Waals surface area contributed by atoms with Crippen molar-refractivity contribution in [3.8, 4) is 0 Å². The summed E-state index contributed by atoms with van der Waals surface area (Å²) in [6.45, 7) is 3.24. The van der Waals surface area contributed by atoms with Gasteiger partial charge in [-0.3, -0.25) is 0 Å². The molecule has 12 aromatic carbocycles. The summed E-state index contributed by atoms with van der Waals surface area (Å²) in [5.74, 6) is 0. The van der Waals surface area contributed by atoms with E-state index in [1.54, 1.807) is 6.92 Å². The van der Waals surface area contributed by atoms with Crippen molar-refractivity contribution in [2.24, 2.45) is 0 Å². The maximum atomic E-state index is 5.62. The van der Waals surface area contributed by atoms with Crippen molar-refractivity contribution in [3.63, 3.8) is 0 Å². The van der Waals surface area contributed by atoms with Crippen LogP contribution in [0.25, 0.3) is 0 Å². The van der Waals surface area contributed by atoms with E-state index in [1.165, 1.54) is 69.4 Å². The van der Waals surface area contributed by atoms with Crippen molar-refractivity contribution >= 4 is 253 Å². The van der Waals surface area contributed by atoms with E-state index in [2.05, 4.69) is 371 Å². The maximum absolute atomic E-state index is 5.62. The van der Waals surface area contributed by atoms with E-state index in [-0.39, 0.29) is 25.6 Å². The van der Waals surface area contributed by atoms with Gasteiger partial charge in [0.2, 0.25) is 0 Å². The SMILES string of the molecule is C=C[Si](Cl)(Cl)Cl.CC([Si](Cl)(Cl)Cl)[Si](Cl)(Cl)Cl.Cl[SiH](Cl)Cl.[Pd].c1ccc(P(c2ccccc2)c2ccccc2)cc1.c1ccc(P(c2ccccc2)c2ccccc2)cc1.c1ccc(P(c2ccccc2)c2ccccc2)cc1.c1ccc(P(c2ccccc2)c2ccccc2)cc1. The Hall–Kier alpha value is -2.89. The standard InChI is InChI=1S/4C18H15P.C2H4Cl6Si2.C2H3Cl3Si.Cl3HSi.Pd/c4*1-4-10-16(11-5-1)19(17-12-6-2-7-13-17)18-14-8-3-9-15-18;1-2(9(3,4)5)10(6,7)8;1-2-6(3,4)5;1-4(2)3;/h4*1-15H;2H,1H3;2H,1H2;4H;. The molecule has 0 amide bonds. The molecule has 0 aromatic heterocycles. The van der Waals surface area contributed by atoms with Gasteiger partial charge in [-0.15, -0.1) is 140 Å². The van der Waals surface area contributed by atoms with Crippen LogP contribution in [0.2, 0.25) is 5.16 Å². The van der Waals surface area contributed by atoms with E-state index < -0.39 is 56.4 Å². The van der Waals surface area contributed by atoms with Crippen LogP contribution >= 0.6 is 165 Å². The fraction of sp³-hybridized carbons (Fsp3) is 0.0263. The minimum absolute atomic E-state index is 0. The van der Waals surface area contributed by atoms with Gasteiger partial charge in [0.15, 0.2) is 0 Å². The molecule has 97 heavy (non-hydrogen) atoms. The molecule has 0 radical (unpaired) electrons. The molecule has 0 fully saturated rings. The molecule has 0 heterocycles. The van der Waals surface area contributed by atoms with Crippen molar-refractivity contribution in [2.45, 2.75) is 12.1 Å². The summed E-state index contributed by atoms with van der Waals surface area (Å²) in [6.07, 6.45) is 0. The molecule has 0 atom stereocenters. The number of benzene rings is 12. The minimum Gasteiger partial charge on any atom is -0.130 e. The molecule has 502 valence electrons. The summed E-state index contributed by atoms with van der Waals surface area (Å²) in [5, 5.41) is 16.4. The Labute approximate surface area is 654 Å². The molecule has 0 N–H and O–H groups in total. The largest absolute Gasteiger partial charge is 0.365 e. The average Bonchev–Trinajstić information content (AvgIpc) is 0.868. The van der Waals surface area contributed by atoms with E-state index in [1.807, 2.05) is 0 Å². The zero-order valence-corrected chi connectivity index (χ0v) is 70.6. The first-order valence-corrected chi connectivity index (χ1v) is 55.8. The molecule has 0 saturated carbocycles. The van der Waals surface area contributed by atoms with E-state index >= 15 is 0 Å². The van der Waals surface area contributed by atoms with Crippen LogP contribution in [0.15, 0.2) is 376 Å². The summed E-state index contributed by atoms with van der Waals surface area (Å²) in [5.41, 5.74) is 1.37. The molecule has 0 aliphatic heterocycles. The second-order valence-electron chi connectivity index (χ2n) is 20.2. The van der Waals surface area contributed by atoms with E-state index in [0.29, 0.717) is 0 Å². The smallest absolute Gasteiger partial charge is 0.130 e. The first-order valence-electron chi connectivity index (χ1n) is 29.8. The van der Waals surface area contributed by atoms with Crippen LogP contribution in [0.4, 0.5) is 0 Å². The zero-order valence-electron chi connectivity index (χ0n) is 52.2. The topological polar surface area (TPSA) is 0 Å². The Balaban J connectivity index is 0.000000213. The van der Waals surface area contributed by atoms with Crippen molar-refractivity contribution < 1.29 is 20.4 Å². The van der Waals surface area contributed by atoms with Gasteiger partial charge in [0.05, 0.1) is 0 Å². The Bertz CT molecular complexity index is 3110. The molecule has 21 heteroatoms. The molecule has 0 spiro atoms. The van der Waals surface area contributed by atoms with E-state index in [0.717, 1.165) is 0 Å². The van der Waals surface area contributed by atoms with Gasteiger partial charge < -0.3 is 0 Å². The second-order valence-corrected chi connectivity index (χ2v) is 62.8. The summed E-state index contributed by atoms with van der Waals surface area (Å²) >= 11 is 64.4. The van der Waals surface area contributed by atoms with Gasteiger partial charge in [0.1, 0.15) is 0 Å². The van der Waals surface area contributed by atoms with Crippen LogP contribution in [0.1, 0.15) is 6.92 Å². The van der Waals surface area contributed by atoms with Gasteiger partial charge in [-0.1, -0.05) is 377 Å². The molecule has 12 rings (SSSR count). The molecular formula is C76H68Cl12P4PdSi4. The van der Waals surface area contributed by atoms with Crippen LogP contribution in [0.5, 0.6) is 0 Å². The Morgan fingerprint density at radius 3 is 0.381 bits per heavy atom. The molecule has 0 aliphatic carbocycles. The van der Waals surface area contributed by atoms with Gasteiger partial charge in [0.25, 0.3) is 0 Å². The molecule has 0 saturated heterocycles. The predicted molar refractivity (Wildman–Crippen MR) is 455 cm³/mol. The Kier molecular flexibility index (Phi) is 40.8. The number of halogens is 12. The second kappa shape index (κ2) is 46.7. The summed E-state index contributed by atoms with van der Waals surface area (Å²) in [4.78, 5) is 0. The molecule has 12 aromatic rings. The minimum atomic E-state index is -2.81. The van der Waals surface area contributed by atoms with E-state index in [4.69, 9.17) is 133 Å². The molecule has 0 unspecified atom stereocenters. The monoisotopic (exact) mass is 1740 g/mol.